The zero-order valence-corrected chi connectivity index (χ0v) is 8.91. The van der Waals surface area contributed by atoms with Gasteiger partial charge in [-0.2, -0.15) is 0 Å². The average molecular weight is 219 g/mol. The van der Waals surface area contributed by atoms with E-state index in [1.165, 1.54) is 12.1 Å². The van der Waals surface area contributed by atoms with Crippen molar-refractivity contribution in [1.82, 2.24) is 15.0 Å². The van der Waals surface area contributed by atoms with E-state index >= 15 is 0 Å². The SMILES string of the molecule is Cc1nc(-c2ccc(F)cn2)[nH]c(=O)c1C. The molecular formula is C11H10FN3O. The van der Waals surface area contributed by atoms with Crippen LogP contribution >= 0.6 is 0 Å². The second-order valence-electron chi connectivity index (χ2n) is 3.49. The number of H-pyrrole nitrogens is 1. The summed E-state index contributed by atoms with van der Waals surface area (Å²) in [5.74, 6) is -0.0666. The molecule has 0 bridgehead atoms. The van der Waals surface area contributed by atoms with Gasteiger partial charge < -0.3 is 4.98 Å². The molecule has 2 aromatic heterocycles. The Morgan fingerprint density at radius 2 is 2.06 bits per heavy atom. The molecule has 0 spiro atoms. The van der Waals surface area contributed by atoms with Crippen molar-refractivity contribution in [3.8, 4) is 11.5 Å². The Kier molecular flexibility index (Phi) is 2.52. The van der Waals surface area contributed by atoms with Crippen LogP contribution < -0.4 is 5.56 Å². The minimum atomic E-state index is -0.421. The summed E-state index contributed by atoms with van der Waals surface area (Å²) in [5, 5.41) is 0. The van der Waals surface area contributed by atoms with Crippen LogP contribution in [-0.4, -0.2) is 15.0 Å². The van der Waals surface area contributed by atoms with Gasteiger partial charge in [0.25, 0.3) is 5.56 Å². The minimum absolute atomic E-state index is 0.200. The third kappa shape index (κ3) is 1.84. The number of rotatable bonds is 1. The Morgan fingerprint density at radius 1 is 1.31 bits per heavy atom. The predicted octanol–water partition coefficient (Wildman–Crippen LogP) is 1.59. The van der Waals surface area contributed by atoms with Gasteiger partial charge in [0.2, 0.25) is 0 Å². The van der Waals surface area contributed by atoms with Crippen molar-refractivity contribution in [2.24, 2.45) is 0 Å². The molecule has 5 heteroatoms. The van der Waals surface area contributed by atoms with Gasteiger partial charge in [0, 0.05) is 11.3 Å². The maximum Gasteiger partial charge on any atom is 0.254 e. The molecule has 0 aliphatic rings. The second-order valence-corrected chi connectivity index (χ2v) is 3.49. The molecule has 0 aliphatic heterocycles. The zero-order valence-electron chi connectivity index (χ0n) is 8.91. The van der Waals surface area contributed by atoms with E-state index in [4.69, 9.17) is 0 Å². The maximum absolute atomic E-state index is 12.7. The van der Waals surface area contributed by atoms with Gasteiger partial charge in [0.15, 0.2) is 5.82 Å². The highest BCUT2D eigenvalue weighted by Crippen LogP contribution is 2.11. The van der Waals surface area contributed by atoms with Crippen LogP contribution in [0, 0.1) is 19.7 Å². The number of aromatic amines is 1. The molecule has 1 N–H and O–H groups in total. The first-order chi connectivity index (χ1) is 7.58. The van der Waals surface area contributed by atoms with Gasteiger partial charge in [-0.05, 0) is 26.0 Å². The zero-order chi connectivity index (χ0) is 11.7. The Morgan fingerprint density at radius 3 is 2.62 bits per heavy atom. The molecule has 2 heterocycles. The molecule has 82 valence electrons. The van der Waals surface area contributed by atoms with Crippen LogP contribution in [0.1, 0.15) is 11.3 Å². The smallest absolute Gasteiger partial charge is 0.254 e. The second kappa shape index (κ2) is 3.84. The van der Waals surface area contributed by atoms with Gasteiger partial charge in [0.1, 0.15) is 11.5 Å². The number of nitrogens with zero attached hydrogens (tertiary/aromatic N) is 2. The van der Waals surface area contributed by atoms with Gasteiger partial charge in [-0.15, -0.1) is 0 Å². The van der Waals surface area contributed by atoms with Crippen LogP contribution in [0.5, 0.6) is 0 Å². The molecule has 0 unspecified atom stereocenters. The third-order valence-electron chi connectivity index (χ3n) is 2.36. The summed E-state index contributed by atoms with van der Waals surface area (Å²) in [6, 6.07) is 2.75. The lowest BCUT2D eigenvalue weighted by molar-refractivity contribution is 0.621. The number of halogens is 1. The number of aryl methyl sites for hydroxylation is 1. The van der Waals surface area contributed by atoms with E-state index in [0.29, 0.717) is 22.8 Å². The van der Waals surface area contributed by atoms with E-state index < -0.39 is 5.82 Å². The topological polar surface area (TPSA) is 58.6 Å². The van der Waals surface area contributed by atoms with Crippen LogP contribution in [0.2, 0.25) is 0 Å². The normalized spacial score (nSPS) is 10.4. The standard InChI is InChI=1S/C11H10FN3O/c1-6-7(2)14-10(15-11(6)16)9-4-3-8(12)5-13-9/h3-5H,1-2H3,(H,14,15,16). The van der Waals surface area contributed by atoms with Gasteiger partial charge in [-0.1, -0.05) is 0 Å². The Bertz CT molecular complexity index is 575. The maximum atomic E-state index is 12.7. The molecule has 4 nitrogen and oxygen atoms in total. The predicted molar refractivity (Wildman–Crippen MR) is 57.5 cm³/mol. The Hall–Kier alpha value is -2.04. The summed E-state index contributed by atoms with van der Waals surface area (Å²) < 4.78 is 12.7. The van der Waals surface area contributed by atoms with Gasteiger partial charge in [-0.25, -0.2) is 14.4 Å². The molecule has 16 heavy (non-hydrogen) atoms. The molecule has 0 atom stereocenters. The fraction of sp³-hybridized carbons (Fsp3) is 0.182. The first kappa shape index (κ1) is 10.5. The van der Waals surface area contributed by atoms with Crippen LogP contribution in [0.3, 0.4) is 0 Å². The number of aromatic nitrogens is 3. The largest absolute Gasteiger partial charge is 0.305 e. The quantitative estimate of drug-likeness (QED) is 0.792. The molecular weight excluding hydrogens is 209 g/mol. The number of hydrogen-bond donors (Lipinski definition) is 1. The fourth-order valence-electron chi connectivity index (χ4n) is 1.28. The molecule has 0 aliphatic carbocycles. The molecule has 0 amide bonds. The van der Waals surface area contributed by atoms with Crippen LogP contribution in [-0.2, 0) is 0 Å². The highest BCUT2D eigenvalue weighted by molar-refractivity contribution is 5.48. The summed E-state index contributed by atoms with van der Waals surface area (Å²) in [7, 11) is 0. The summed E-state index contributed by atoms with van der Waals surface area (Å²) in [5.41, 5.74) is 1.46. The third-order valence-corrected chi connectivity index (χ3v) is 2.36. The van der Waals surface area contributed by atoms with Crippen LogP contribution in [0.4, 0.5) is 4.39 Å². The summed E-state index contributed by atoms with van der Waals surface area (Å²) in [4.78, 5) is 22.1. The lowest BCUT2D eigenvalue weighted by Gasteiger charge is -2.03. The molecule has 2 aromatic rings. The Labute approximate surface area is 91.2 Å². The lowest BCUT2D eigenvalue weighted by Crippen LogP contribution is -2.14. The van der Waals surface area contributed by atoms with Crippen molar-refractivity contribution in [2.75, 3.05) is 0 Å². The van der Waals surface area contributed by atoms with Gasteiger partial charge in [0.05, 0.1) is 6.20 Å². The Balaban J connectivity index is 2.57. The van der Waals surface area contributed by atoms with Crippen molar-refractivity contribution in [2.45, 2.75) is 13.8 Å². The van der Waals surface area contributed by atoms with Crippen LogP contribution in [0.25, 0.3) is 11.5 Å². The number of pyridine rings is 1. The van der Waals surface area contributed by atoms with Crippen molar-refractivity contribution in [3.63, 3.8) is 0 Å². The average Bonchev–Trinajstić information content (AvgIpc) is 2.26. The first-order valence-electron chi connectivity index (χ1n) is 4.77. The van der Waals surface area contributed by atoms with E-state index in [1.807, 2.05) is 0 Å². The summed E-state index contributed by atoms with van der Waals surface area (Å²) in [6.45, 7) is 3.45. The van der Waals surface area contributed by atoms with Crippen molar-refractivity contribution in [3.05, 3.63) is 45.8 Å². The molecule has 0 saturated heterocycles. The highest BCUT2D eigenvalue weighted by atomic mass is 19.1. The molecule has 0 radical (unpaired) electrons. The van der Waals surface area contributed by atoms with Crippen molar-refractivity contribution in [1.29, 1.82) is 0 Å². The lowest BCUT2D eigenvalue weighted by atomic mass is 10.2. The van der Waals surface area contributed by atoms with Crippen molar-refractivity contribution < 1.29 is 4.39 Å². The first-order valence-corrected chi connectivity index (χ1v) is 4.77. The molecule has 0 aromatic carbocycles. The van der Waals surface area contributed by atoms with E-state index in [9.17, 15) is 9.18 Å². The van der Waals surface area contributed by atoms with E-state index in [1.54, 1.807) is 13.8 Å². The van der Waals surface area contributed by atoms with Gasteiger partial charge in [-0.3, -0.25) is 4.79 Å². The summed E-state index contributed by atoms with van der Waals surface area (Å²) in [6.07, 6.45) is 1.09. The molecule has 0 saturated carbocycles. The van der Waals surface area contributed by atoms with Gasteiger partial charge >= 0.3 is 0 Å². The van der Waals surface area contributed by atoms with Crippen molar-refractivity contribution >= 4 is 0 Å². The highest BCUT2D eigenvalue weighted by Gasteiger charge is 2.06. The van der Waals surface area contributed by atoms with Crippen LogP contribution in [0.15, 0.2) is 23.1 Å². The number of hydrogen-bond acceptors (Lipinski definition) is 3. The molecule has 2 rings (SSSR count). The monoisotopic (exact) mass is 219 g/mol. The summed E-state index contributed by atoms with van der Waals surface area (Å²) >= 11 is 0. The molecule has 0 fully saturated rings. The number of nitrogens with one attached hydrogen (secondary N) is 1. The minimum Gasteiger partial charge on any atom is -0.305 e. The van der Waals surface area contributed by atoms with E-state index in [-0.39, 0.29) is 5.56 Å². The fourth-order valence-corrected chi connectivity index (χ4v) is 1.28. The van der Waals surface area contributed by atoms with E-state index in [2.05, 4.69) is 15.0 Å². The van der Waals surface area contributed by atoms with E-state index in [0.717, 1.165) is 6.20 Å².